The highest BCUT2D eigenvalue weighted by molar-refractivity contribution is 7.11. The first-order chi connectivity index (χ1) is 10.0. The molecule has 0 saturated carbocycles. The van der Waals surface area contributed by atoms with Gasteiger partial charge in [0.1, 0.15) is 0 Å². The molecule has 0 aliphatic carbocycles. The first kappa shape index (κ1) is 15.7. The van der Waals surface area contributed by atoms with Crippen LogP contribution in [-0.4, -0.2) is 17.4 Å². The Morgan fingerprint density at radius 2 is 2.05 bits per heavy atom. The zero-order valence-electron chi connectivity index (χ0n) is 13.1. The number of aryl methyl sites for hydroxylation is 4. The largest absolute Gasteiger partial charge is 0.313 e. The molecule has 112 valence electrons. The quantitative estimate of drug-likeness (QED) is 0.834. The molecule has 0 radical (unpaired) electrons. The summed E-state index contributed by atoms with van der Waals surface area (Å²) in [4.78, 5) is 20.0. The van der Waals surface area contributed by atoms with E-state index >= 15 is 0 Å². The van der Waals surface area contributed by atoms with Crippen molar-refractivity contribution >= 4 is 22.9 Å². The summed E-state index contributed by atoms with van der Waals surface area (Å²) in [7, 11) is 0. The maximum absolute atomic E-state index is 12.5. The number of rotatable bonds is 5. The Bertz CT molecular complexity index is 633. The van der Waals surface area contributed by atoms with Crippen LogP contribution in [0.25, 0.3) is 0 Å². The normalized spacial score (nSPS) is 10.7. The summed E-state index contributed by atoms with van der Waals surface area (Å²) in [6, 6.07) is 8.10. The monoisotopic (exact) mass is 302 g/mol. The van der Waals surface area contributed by atoms with Gasteiger partial charge in [-0.1, -0.05) is 12.1 Å². The number of amides is 1. The standard InChI is InChI=1S/C17H22N2OS/c1-5-19(15-8-6-7-12(2)11-15)17(20)10-9-16-13(3)18-14(4)21-16/h6-8,11H,5,9-10H2,1-4H3. The van der Waals surface area contributed by atoms with Crippen molar-refractivity contribution in [1.82, 2.24) is 4.98 Å². The number of aromatic nitrogens is 1. The summed E-state index contributed by atoms with van der Waals surface area (Å²) in [5.41, 5.74) is 3.22. The highest BCUT2D eigenvalue weighted by Gasteiger charge is 2.15. The van der Waals surface area contributed by atoms with Gasteiger partial charge in [-0.15, -0.1) is 11.3 Å². The smallest absolute Gasteiger partial charge is 0.227 e. The second-order valence-corrected chi connectivity index (χ2v) is 6.51. The third-order valence-corrected chi connectivity index (χ3v) is 4.63. The van der Waals surface area contributed by atoms with E-state index in [9.17, 15) is 4.79 Å². The van der Waals surface area contributed by atoms with Crippen LogP contribution in [0.5, 0.6) is 0 Å². The molecule has 21 heavy (non-hydrogen) atoms. The molecule has 0 fully saturated rings. The summed E-state index contributed by atoms with van der Waals surface area (Å²) in [6.45, 7) is 8.78. The van der Waals surface area contributed by atoms with E-state index in [1.165, 1.54) is 10.4 Å². The zero-order chi connectivity index (χ0) is 15.4. The average Bonchev–Trinajstić information content (AvgIpc) is 2.75. The third-order valence-electron chi connectivity index (χ3n) is 3.50. The number of hydrogen-bond acceptors (Lipinski definition) is 3. The third kappa shape index (κ3) is 3.91. The van der Waals surface area contributed by atoms with E-state index < -0.39 is 0 Å². The molecule has 0 bridgehead atoms. The highest BCUT2D eigenvalue weighted by Crippen LogP contribution is 2.21. The van der Waals surface area contributed by atoms with Crippen molar-refractivity contribution in [3.63, 3.8) is 0 Å². The van der Waals surface area contributed by atoms with Gasteiger partial charge in [-0.3, -0.25) is 4.79 Å². The molecule has 0 N–H and O–H groups in total. The van der Waals surface area contributed by atoms with Crippen molar-refractivity contribution in [2.75, 3.05) is 11.4 Å². The van der Waals surface area contributed by atoms with Gasteiger partial charge in [0.05, 0.1) is 10.7 Å². The van der Waals surface area contributed by atoms with E-state index in [0.29, 0.717) is 13.0 Å². The topological polar surface area (TPSA) is 33.2 Å². The second kappa shape index (κ2) is 6.85. The minimum atomic E-state index is 0.175. The molecule has 0 unspecified atom stereocenters. The molecule has 1 aromatic carbocycles. The Balaban J connectivity index is 2.05. The van der Waals surface area contributed by atoms with Crippen LogP contribution in [0.4, 0.5) is 5.69 Å². The van der Waals surface area contributed by atoms with Crippen molar-refractivity contribution < 1.29 is 4.79 Å². The fourth-order valence-corrected chi connectivity index (χ4v) is 3.40. The Morgan fingerprint density at radius 1 is 1.29 bits per heavy atom. The van der Waals surface area contributed by atoms with Gasteiger partial charge in [0, 0.05) is 23.5 Å². The van der Waals surface area contributed by atoms with Gasteiger partial charge in [0.2, 0.25) is 5.91 Å². The molecule has 0 saturated heterocycles. The number of carbonyl (C=O) groups excluding carboxylic acids is 1. The van der Waals surface area contributed by atoms with Gasteiger partial charge in [0.25, 0.3) is 0 Å². The number of anilines is 1. The van der Waals surface area contributed by atoms with Crippen molar-refractivity contribution in [2.24, 2.45) is 0 Å². The fourth-order valence-electron chi connectivity index (χ4n) is 2.46. The van der Waals surface area contributed by atoms with E-state index in [0.717, 1.165) is 22.8 Å². The molecule has 2 aromatic rings. The van der Waals surface area contributed by atoms with Gasteiger partial charge in [-0.05, 0) is 51.8 Å². The lowest BCUT2D eigenvalue weighted by atomic mass is 10.1. The van der Waals surface area contributed by atoms with Crippen molar-refractivity contribution in [2.45, 2.75) is 40.5 Å². The number of hydrogen-bond donors (Lipinski definition) is 0. The van der Waals surface area contributed by atoms with E-state index in [1.54, 1.807) is 11.3 Å². The minimum absolute atomic E-state index is 0.175. The van der Waals surface area contributed by atoms with E-state index in [4.69, 9.17) is 0 Å². The summed E-state index contributed by atoms with van der Waals surface area (Å²) >= 11 is 1.69. The van der Waals surface area contributed by atoms with Crippen LogP contribution in [-0.2, 0) is 11.2 Å². The van der Waals surface area contributed by atoms with Crippen LogP contribution in [0, 0.1) is 20.8 Å². The summed E-state index contributed by atoms with van der Waals surface area (Å²) in [5.74, 6) is 0.175. The van der Waals surface area contributed by atoms with Crippen LogP contribution in [0.1, 0.15) is 34.5 Å². The van der Waals surface area contributed by atoms with E-state index in [1.807, 2.05) is 50.8 Å². The van der Waals surface area contributed by atoms with Gasteiger partial charge in [-0.25, -0.2) is 4.98 Å². The SMILES string of the molecule is CCN(C(=O)CCc1sc(C)nc1C)c1cccc(C)c1. The lowest BCUT2D eigenvalue weighted by Gasteiger charge is -2.21. The molecule has 0 aliphatic heterocycles. The lowest BCUT2D eigenvalue weighted by Crippen LogP contribution is -2.30. The summed E-state index contributed by atoms with van der Waals surface area (Å²) in [6.07, 6.45) is 1.31. The van der Waals surface area contributed by atoms with Gasteiger partial charge < -0.3 is 4.90 Å². The Hall–Kier alpha value is -1.68. The number of thiazole rings is 1. The lowest BCUT2D eigenvalue weighted by molar-refractivity contribution is -0.118. The highest BCUT2D eigenvalue weighted by atomic mass is 32.1. The first-order valence-electron chi connectivity index (χ1n) is 7.31. The number of benzene rings is 1. The molecule has 2 rings (SSSR count). The zero-order valence-corrected chi connectivity index (χ0v) is 14.0. The first-order valence-corrected chi connectivity index (χ1v) is 8.13. The average molecular weight is 302 g/mol. The van der Waals surface area contributed by atoms with Gasteiger partial charge in [-0.2, -0.15) is 0 Å². The second-order valence-electron chi connectivity index (χ2n) is 5.22. The van der Waals surface area contributed by atoms with Gasteiger partial charge >= 0.3 is 0 Å². The van der Waals surface area contributed by atoms with Crippen molar-refractivity contribution in [3.8, 4) is 0 Å². The van der Waals surface area contributed by atoms with E-state index in [-0.39, 0.29) is 5.91 Å². The molecule has 1 heterocycles. The van der Waals surface area contributed by atoms with Crippen LogP contribution in [0.3, 0.4) is 0 Å². The Labute approximate surface area is 130 Å². The van der Waals surface area contributed by atoms with Crippen molar-refractivity contribution in [1.29, 1.82) is 0 Å². The Kier molecular flexibility index (Phi) is 5.12. The molecular formula is C17H22N2OS. The molecule has 1 amide bonds. The number of carbonyl (C=O) groups is 1. The maximum atomic E-state index is 12.5. The van der Waals surface area contributed by atoms with Crippen LogP contribution >= 0.6 is 11.3 Å². The molecular weight excluding hydrogens is 280 g/mol. The van der Waals surface area contributed by atoms with Crippen LogP contribution in [0.15, 0.2) is 24.3 Å². The molecule has 0 spiro atoms. The summed E-state index contributed by atoms with van der Waals surface area (Å²) < 4.78 is 0. The number of nitrogens with zero attached hydrogens (tertiary/aromatic N) is 2. The summed E-state index contributed by atoms with van der Waals surface area (Å²) in [5, 5.41) is 1.07. The predicted molar refractivity (Wildman–Crippen MR) is 89.1 cm³/mol. The predicted octanol–water partition coefficient (Wildman–Crippen LogP) is 4.05. The molecule has 0 atom stereocenters. The van der Waals surface area contributed by atoms with Gasteiger partial charge in [0.15, 0.2) is 0 Å². The minimum Gasteiger partial charge on any atom is -0.313 e. The molecule has 3 nitrogen and oxygen atoms in total. The molecule has 4 heteroatoms. The fraction of sp³-hybridized carbons (Fsp3) is 0.412. The van der Waals surface area contributed by atoms with Crippen molar-refractivity contribution in [3.05, 3.63) is 45.4 Å². The van der Waals surface area contributed by atoms with Crippen LogP contribution in [0.2, 0.25) is 0 Å². The van der Waals surface area contributed by atoms with Crippen LogP contribution < -0.4 is 4.90 Å². The molecule has 1 aromatic heterocycles. The molecule has 0 aliphatic rings. The Morgan fingerprint density at radius 3 is 2.62 bits per heavy atom. The van der Waals surface area contributed by atoms with E-state index in [2.05, 4.69) is 11.1 Å². The maximum Gasteiger partial charge on any atom is 0.227 e.